The summed E-state index contributed by atoms with van der Waals surface area (Å²) in [4.78, 5) is 1.54. The molecule has 0 heterocycles. The zero-order valence-electron chi connectivity index (χ0n) is 12.1. The van der Waals surface area contributed by atoms with E-state index in [4.69, 9.17) is 0 Å². The van der Waals surface area contributed by atoms with Crippen LogP contribution in [0, 0.1) is 0 Å². The Labute approximate surface area is 114 Å². The highest BCUT2D eigenvalue weighted by Gasteiger charge is 2.32. The van der Waals surface area contributed by atoms with Crippen LogP contribution in [0.4, 0.5) is 13.2 Å². The van der Waals surface area contributed by atoms with Crippen LogP contribution in [0.5, 0.6) is 0 Å². The number of halogens is 3. The molecular weight excluding hydrogens is 253 g/mol. The van der Waals surface area contributed by atoms with Crippen LogP contribution in [-0.2, 0) is 0 Å². The Morgan fingerprint density at radius 3 is 2.37 bits per heavy atom. The number of nitrogens with zero attached hydrogens (tertiary/aromatic N) is 1. The summed E-state index contributed by atoms with van der Waals surface area (Å²) in [5.74, 6) is 0. The van der Waals surface area contributed by atoms with Crippen LogP contribution in [0.1, 0.15) is 52.4 Å². The molecule has 114 valence electrons. The molecule has 0 aromatic carbocycles. The van der Waals surface area contributed by atoms with E-state index >= 15 is 0 Å². The second-order valence-corrected chi connectivity index (χ2v) is 5.68. The van der Waals surface area contributed by atoms with Crippen LogP contribution in [-0.4, -0.2) is 42.8 Å². The topological polar surface area (TPSA) is 15.3 Å². The minimum absolute atomic E-state index is 0.0662. The maximum Gasteiger partial charge on any atom is 0.401 e. The lowest BCUT2D eigenvalue weighted by Crippen LogP contribution is -2.47. The second-order valence-electron chi connectivity index (χ2n) is 5.68. The summed E-state index contributed by atoms with van der Waals surface area (Å²) in [5.41, 5.74) is 0. The zero-order valence-corrected chi connectivity index (χ0v) is 12.1. The quantitative estimate of drug-likeness (QED) is 0.767. The second kappa shape index (κ2) is 8.10. The Morgan fingerprint density at radius 1 is 1.21 bits per heavy atom. The van der Waals surface area contributed by atoms with Crippen LogP contribution < -0.4 is 5.32 Å². The Hall–Kier alpha value is -0.290. The van der Waals surface area contributed by atoms with Crippen LogP contribution in [0.15, 0.2) is 0 Å². The number of hydrogen-bond donors (Lipinski definition) is 1. The molecule has 0 bridgehead atoms. The van der Waals surface area contributed by atoms with E-state index in [2.05, 4.69) is 5.32 Å². The minimum Gasteiger partial charge on any atom is -0.312 e. The molecule has 1 N–H and O–H groups in total. The molecule has 0 aromatic rings. The highest BCUT2D eigenvalue weighted by Crippen LogP contribution is 2.19. The number of alkyl halides is 3. The van der Waals surface area contributed by atoms with Gasteiger partial charge < -0.3 is 5.32 Å². The number of hydrogen-bond acceptors (Lipinski definition) is 2. The van der Waals surface area contributed by atoms with Gasteiger partial charge in [0.25, 0.3) is 0 Å². The van der Waals surface area contributed by atoms with Gasteiger partial charge in [0, 0.05) is 18.6 Å². The van der Waals surface area contributed by atoms with Gasteiger partial charge in [0.2, 0.25) is 0 Å². The van der Waals surface area contributed by atoms with Crippen molar-refractivity contribution < 1.29 is 13.2 Å². The lowest BCUT2D eigenvalue weighted by molar-refractivity contribution is -0.150. The van der Waals surface area contributed by atoms with Crippen LogP contribution in [0.3, 0.4) is 0 Å². The molecule has 2 nitrogen and oxygen atoms in total. The smallest absolute Gasteiger partial charge is 0.312 e. The highest BCUT2D eigenvalue weighted by atomic mass is 19.4. The molecule has 1 aliphatic rings. The fraction of sp³-hybridized carbons (Fsp3) is 1.00. The van der Waals surface area contributed by atoms with E-state index in [1.54, 1.807) is 0 Å². The van der Waals surface area contributed by atoms with E-state index < -0.39 is 12.7 Å². The first-order valence-electron chi connectivity index (χ1n) is 7.46. The highest BCUT2D eigenvalue weighted by molar-refractivity contribution is 4.77. The molecule has 1 unspecified atom stereocenters. The van der Waals surface area contributed by atoms with Crippen molar-refractivity contribution in [2.24, 2.45) is 0 Å². The lowest BCUT2D eigenvalue weighted by atomic mass is 9.95. The van der Waals surface area contributed by atoms with E-state index in [1.165, 1.54) is 37.0 Å². The van der Waals surface area contributed by atoms with Gasteiger partial charge in [-0.3, -0.25) is 4.90 Å². The van der Waals surface area contributed by atoms with Gasteiger partial charge in [0.15, 0.2) is 0 Å². The summed E-state index contributed by atoms with van der Waals surface area (Å²) >= 11 is 0. The van der Waals surface area contributed by atoms with Gasteiger partial charge in [-0.05, 0) is 32.7 Å². The van der Waals surface area contributed by atoms with Crippen molar-refractivity contribution in [3.63, 3.8) is 0 Å². The van der Waals surface area contributed by atoms with Gasteiger partial charge in [-0.25, -0.2) is 0 Å². The van der Waals surface area contributed by atoms with Crippen LogP contribution >= 0.6 is 0 Å². The van der Waals surface area contributed by atoms with Gasteiger partial charge in [0.05, 0.1) is 6.54 Å². The van der Waals surface area contributed by atoms with E-state index in [1.807, 2.05) is 13.8 Å². The van der Waals surface area contributed by atoms with Crippen LogP contribution in [0.2, 0.25) is 0 Å². The summed E-state index contributed by atoms with van der Waals surface area (Å²) in [5, 5.41) is 3.44. The van der Waals surface area contributed by atoms with Crippen molar-refractivity contribution in [2.75, 3.05) is 19.6 Å². The molecule has 0 spiro atoms. The summed E-state index contributed by atoms with van der Waals surface area (Å²) in [6, 6.07) is 0.439. The molecule has 0 aliphatic heterocycles. The average molecular weight is 280 g/mol. The summed E-state index contributed by atoms with van der Waals surface area (Å²) < 4.78 is 37.6. The third-order valence-electron chi connectivity index (χ3n) is 3.82. The summed E-state index contributed by atoms with van der Waals surface area (Å²) in [7, 11) is 0. The fourth-order valence-electron chi connectivity index (χ4n) is 2.75. The summed E-state index contributed by atoms with van der Waals surface area (Å²) in [6.45, 7) is 4.17. The Morgan fingerprint density at radius 2 is 1.84 bits per heavy atom. The largest absolute Gasteiger partial charge is 0.401 e. The molecule has 0 amide bonds. The predicted molar refractivity (Wildman–Crippen MR) is 72.3 cm³/mol. The van der Waals surface area contributed by atoms with E-state index in [-0.39, 0.29) is 6.04 Å². The zero-order chi connectivity index (χ0) is 14.3. The van der Waals surface area contributed by atoms with E-state index in [9.17, 15) is 13.2 Å². The number of rotatable bonds is 7. The number of nitrogens with one attached hydrogen (secondary N) is 1. The molecule has 1 aliphatic carbocycles. The first-order valence-corrected chi connectivity index (χ1v) is 7.46. The lowest BCUT2D eigenvalue weighted by Gasteiger charge is -2.32. The predicted octanol–water partition coefficient (Wildman–Crippen LogP) is 3.57. The third-order valence-corrected chi connectivity index (χ3v) is 3.82. The van der Waals surface area contributed by atoms with Gasteiger partial charge >= 0.3 is 6.18 Å². The molecule has 1 rings (SSSR count). The molecule has 0 aromatic heterocycles. The fourth-order valence-corrected chi connectivity index (χ4v) is 2.75. The average Bonchev–Trinajstić information content (AvgIpc) is 2.35. The van der Waals surface area contributed by atoms with Crippen molar-refractivity contribution in [1.82, 2.24) is 10.2 Å². The maximum absolute atomic E-state index is 12.5. The Kier molecular flexibility index (Phi) is 7.15. The minimum atomic E-state index is -4.10. The Bertz CT molecular complexity index is 237. The molecular formula is C14H27F3N2. The molecule has 5 heteroatoms. The van der Waals surface area contributed by atoms with Crippen molar-refractivity contribution >= 4 is 0 Å². The van der Waals surface area contributed by atoms with Gasteiger partial charge in [-0.2, -0.15) is 13.2 Å². The summed E-state index contributed by atoms with van der Waals surface area (Å²) in [6.07, 6.45) is 2.77. The van der Waals surface area contributed by atoms with Crippen molar-refractivity contribution in [2.45, 2.75) is 70.6 Å². The van der Waals surface area contributed by atoms with Crippen LogP contribution in [0.25, 0.3) is 0 Å². The van der Waals surface area contributed by atoms with Crippen molar-refractivity contribution in [3.8, 4) is 0 Å². The monoisotopic (exact) mass is 280 g/mol. The first-order chi connectivity index (χ1) is 8.92. The van der Waals surface area contributed by atoms with Gasteiger partial charge in [0.1, 0.15) is 0 Å². The van der Waals surface area contributed by atoms with Gasteiger partial charge in [-0.15, -0.1) is 0 Å². The Balaban J connectivity index is 2.35. The van der Waals surface area contributed by atoms with Crippen molar-refractivity contribution in [3.05, 3.63) is 0 Å². The standard InChI is InChI=1S/C14H27F3N2/c1-3-9-19(11-14(15,16)17)12(2)10-18-13-7-5-4-6-8-13/h12-13,18H,3-11H2,1-2H3. The molecule has 19 heavy (non-hydrogen) atoms. The molecule has 0 saturated heterocycles. The molecule has 1 fully saturated rings. The van der Waals surface area contributed by atoms with E-state index in [0.717, 1.165) is 6.42 Å². The molecule has 1 saturated carbocycles. The maximum atomic E-state index is 12.5. The molecule has 1 atom stereocenters. The molecule has 0 radical (unpaired) electrons. The van der Waals surface area contributed by atoms with Gasteiger partial charge in [-0.1, -0.05) is 26.2 Å². The SMILES string of the molecule is CCCN(CC(F)(F)F)C(C)CNC1CCCCC1. The van der Waals surface area contributed by atoms with E-state index in [0.29, 0.717) is 19.1 Å². The van der Waals surface area contributed by atoms with Crippen molar-refractivity contribution in [1.29, 1.82) is 0 Å². The first kappa shape index (κ1) is 16.8. The normalized spacial score (nSPS) is 19.9. The third kappa shape index (κ3) is 7.16.